The first kappa shape index (κ1) is 37.1. The molecule has 0 aromatic heterocycles. The molecule has 4 atom stereocenters. The van der Waals surface area contributed by atoms with Gasteiger partial charge in [-0.2, -0.15) is 0 Å². The number of carbonyl (C=O) groups excluding carboxylic acids is 12. The van der Waals surface area contributed by atoms with Gasteiger partial charge in [-0.3, -0.25) is 0 Å². The van der Waals surface area contributed by atoms with Crippen LogP contribution in [0.2, 0.25) is 14.5 Å². The quantitative estimate of drug-likeness (QED) is 0.152. The Morgan fingerprint density at radius 1 is 0.341 bits per heavy atom. The van der Waals surface area contributed by atoms with Crippen LogP contribution in [0.3, 0.4) is 0 Å². The van der Waals surface area contributed by atoms with Crippen LogP contribution in [0.1, 0.15) is 55.4 Å². The number of carbonyl (C=O) groups is 12. The molecule has 0 bridgehead atoms. The van der Waals surface area contributed by atoms with E-state index in [1.165, 1.54) is 0 Å². The summed E-state index contributed by atoms with van der Waals surface area (Å²) in [7, 11) is 0. The number of rotatable bonds is 12. The van der Waals surface area contributed by atoms with Crippen molar-refractivity contribution in [3.63, 3.8) is 0 Å². The van der Waals surface area contributed by atoms with Gasteiger partial charge < -0.3 is 0 Å². The molecule has 0 radical (unpaired) electrons. The van der Waals surface area contributed by atoms with E-state index in [1.807, 2.05) is 0 Å². The fourth-order valence-corrected chi connectivity index (χ4v) is 21.1. The van der Waals surface area contributed by atoms with Gasteiger partial charge in [-0.15, -0.1) is 0 Å². The van der Waals surface area contributed by atoms with Crippen molar-refractivity contribution in [1.82, 2.24) is 0 Å². The molecule has 0 saturated heterocycles. The molecule has 0 amide bonds. The number of ether oxygens (including phenoxy) is 4. The molecule has 0 aliphatic carbocycles. The Morgan fingerprint density at radius 2 is 0.488 bits per heavy atom. The molecule has 17 heteroatoms. The topological polar surface area (TPSA) is 242 Å². The minimum atomic E-state index is -7.21. The average Bonchev–Trinajstić information content (AvgIpc) is 2.70. The summed E-state index contributed by atoms with van der Waals surface area (Å²) in [5.74, 6) is -18.6. The second-order valence-corrected chi connectivity index (χ2v) is 19.4. The fourth-order valence-electron chi connectivity index (χ4n) is 4.69. The average molecular weight is 664 g/mol. The van der Waals surface area contributed by atoms with Crippen LogP contribution >= 0.6 is 0 Å². The summed E-state index contributed by atoms with van der Waals surface area (Å²) in [5, 5.41) is 0. The predicted molar refractivity (Wildman–Crippen MR) is 125 cm³/mol. The first-order valence-electron chi connectivity index (χ1n) is 11.5. The van der Waals surface area contributed by atoms with Crippen molar-refractivity contribution >= 4 is 70.9 Å². The SMILES string of the molecule is CC(=O)OC(=O)[CH](C(C)=O)[Zr]([CH](C(C)=O)C(=O)OC(C)=O)([CH](C(C)=O)C(=O)OC(C)=O)[CH](C(C)=O)C(=O)OC(C)=O. The van der Waals surface area contributed by atoms with Gasteiger partial charge in [-0.1, -0.05) is 0 Å². The molecular formula is C24H28O16Zr. The Bertz CT molecular complexity index is 1040. The third kappa shape index (κ3) is 9.06. The number of hydrogen-bond donors (Lipinski definition) is 0. The van der Waals surface area contributed by atoms with Gasteiger partial charge in [0.2, 0.25) is 0 Å². The molecule has 4 unspecified atom stereocenters. The van der Waals surface area contributed by atoms with Gasteiger partial charge in [-0.05, 0) is 0 Å². The number of esters is 8. The molecule has 0 aromatic carbocycles. The van der Waals surface area contributed by atoms with E-state index in [0.717, 1.165) is 0 Å². The van der Waals surface area contributed by atoms with Gasteiger partial charge in [0, 0.05) is 0 Å². The third-order valence-corrected chi connectivity index (χ3v) is 21.7. The van der Waals surface area contributed by atoms with Crippen LogP contribution in [0.5, 0.6) is 0 Å². The van der Waals surface area contributed by atoms with Crippen molar-refractivity contribution in [2.75, 3.05) is 0 Å². The van der Waals surface area contributed by atoms with Crippen LogP contribution in [0.15, 0.2) is 0 Å². The minimum absolute atomic E-state index is 0.631. The van der Waals surface area contributed by atoms with Crippen LogP contribution in [0.25, 0.3) is 0 Å². The summed E-state index contributed by atoms with van der Waals surface area (Å²) in [6.45, 7) is 5.29. The van der Waals surface area contributed by atoms with Crippen LogP contribution in [-0.2, 0) is 96.7 Å². The Morgan fingerprint density at radius 3 is 0.585 bits per heavy atom. The third-order valence-electron chi connectivity index (χ3n) is 5.55. The van der Waals surface area contributed by atoms with Crippen molar-refractivity contribution in [3.8, 4) is 0 Å². The molecular weight excluding hydrogens is 635 g/mol. The van der Waals surface area contributed by atoms with Crippen molar-refractivity contribution < 1.29 is 96.7 Å². The van der Waals surface area contributed by atoms with Gasteiger partial charge in [-0.25, -0.2) is 0 Å². The molecule has 0 N–H and O–H groups in total. The van der Waals surface area contributed by atoms with Crippen molar-refractivity contribution in [2.45, 2.75) is 69.9 Å². The monoisotopic (exact) mass is 662 g/mol. The van der Waals surface area contributed by atoms with Gasteiger partial charge in [0.25, 0.3) is 0 Å². The van der Waals surface area contributed by atoms with E-state index in [-0.39, 0.29) is 0 Å². The Labute approximate surface area is 237 Å². The molecule has 0 rings (SSSR count). The zero-order valence-electron chi connectivity index (χ0n) is 23.3. The Kier molecular flexibility index (Phi) is 13.8. The van der Waals surface area contributed by atoms with Gasteiger partial charge in [0.05, 0.1) is 0 Å². The van der Waals surface area contributed by atoms with E-state index >= 15 is 0 Å². The molecule has 0 aromatic rings. The van der Waals surface area contributed by atoms with E-state index in [2.05, 4.69) is 18.9 Å². The zero-order valence-corrected chi connectivity index (χ0v) is 25.8. The molecule has 0 heterocycles. The number of Topliss-reactive ketones (excluding diaryl/α,β-unsaturated/α-hetero) is 4. The van der Waals surface area contributed by atoms with Crippen molar-refractivity contribution in [2.24, 2.45) is 0 Å². The van der Waals surface area contributed by atoms with E-state index < -0.39 is 106 Å². The zero-order chi connectivity index (χ0) is 32.6. The Hall–Kier alpha value is -3.88. The first-order valence-corrected chi connectivity index (χ1v) is 17.2. The number of hydrogen-bond acceptors (Lipinski definition) is 16. The fraction of sp³-hybridized carbons (Fsp3) is 0.500. The molecule has 16 nitrogen and oxygen atoms in total. The predicted octanol–water partition coefficient (Wildman–Crippen LogP) is 0.00910. The molecule has 0 aliphatic heterocycles. The summed E-state index contributed by atoms with van der Waals surface area (Å²) in [6, 6.07) is 0. The first-order chi connectivity index (χ1) is 18.6. The van der Waals surface area contributed by atoms with E-state index in [1.54, 1.807) is 0 Å². The second kappa shape index (κ2) is 15.2. The second-order valence-electron chi connectivity index (χ2n) is 8.83. The molecule has 0 aliphatic rings. The Balaban J connectivity index is 8.81. The standard InChI is InChI=1S/4C6H7O4.Zr/c4*1-4(7)3-6(9)10-5(2)8;/h4*3H,1-2H3;. The molecule has 224 valence electrons. The molecule has 0 fully saturated rings. The normalized spacial score (nSPS) is 14.8. The van der Waals surface area contributed by atoms with Crippen LogP contribution < -0.4 is 0 Å². The van der Waals surface area contributed by atoms with Crippen molar-refractivity contribution in [1.29, 1.82) is 0 Å². The number of ketones is 4. The van der Waals surface area contributed by atoms with E-state index in [0.29, 0.717) is 55.4 Å². The van der Waals surface area contributed by atoms with Gasteiger partial charge in [0.15, 0.2) is 0 Å². The molecule has 0 spiro atoms. The summed E-state index contributed by atoms with van der Waals surface area (Å²) >= 11 is -7.21. The summed E-state index contributed by atoms with van der Waals surface area (Å²) in [6.07, 6.45) is 0. The summed E-state index contributed by atoms with van der Waals surface area (Å²) < 4.78 is 7.29. The molecule has 41 heavy (non-hydrogen) atoms. The van der Waals surface area contributed by atoms with E-state index in [9.17, 15) is 57.5 Å². The molecule has 0 saturated carbocycles. The van der Waals surface area contributed by atoms with Crippen LogP contribution in [0.4, 0.5) is 0 Å². The maximum atomic E-state index is 13.4. The summed E-state index contributed by atoms with van der Waals surface area (Å²) in [5.41, 5.74) is 0. The maximum absolute atomic E-state index is 13.4. The van der Waals surface area contributed by atoms with Crippen molar-refractivity contribution in [3.05, 3.63) is 0 Å². The van der Waals surface area contributed by atoms with Crippen LogP contribution in [-0.4, -0.2) is 70.9 Å². The van der Waals surface area contributed by atoms with E-state index in [4.69, 9.17) is 0 Å². The summed E-state index contributed by atoms with van der Waals surface area (Å²) in [4.78, 5) is 153. The van der Waals surface area contributed by atoms with Gasteiger partial charge in [0.1, 0.15) is 0 Å². The van der Waals surface area contributed by atoms with Crippen LogP contribution in [0, 0.1) is 0 Å². The van der Waals surface area contributed by atoms with Gasteiger partial charge >= 0.3 is 238 Å².